The number of rotatable bonds is 1. The summed E-state index contributed by atoms with van der Waals surface area (Å²) in [5, 5.41) is 10.2. The van der Waals surface area contributed by atoms with E-state index in [1.807, 2.05) is 20.8 Å². The lowest BCUT2D eigenvalue weighted by Gasteiger charge is -2.10. The molecule has 4 heteroatoms. The van der Waals surface area contributed by atoms with Crippen molar-refractivity contribution in [2.75, 3.05) is 0 Å². The topological polar surface area (TPSA) is 20.2 Å². The van der Waals surface area contributed by atoms with E-state index in [0.29, 0.717) is 10.0 Å². The zero-order valence-electron chi connectivity index (χ0n) is 11.6. The van der Waals surface area contributed by atoms with Gasteiger partial charge in [-0.25, -0.2) is 4.39 Å². The molecule has 0 unspecified atom stereocenters. The zero-order valence-corrected chi connectivity index (χ0v) is 13.1. The van der Waals surface area contributed by atoms with Gasteiger partial charge in [-0.3, -0.25) is 0 Å². The van der Waals surface area contributed by atoms with E-state index in [-0.39, 0.29) is 24.9 Å². The molecular weight excluding hydrogens is 310 g/mol. The molecule has 0 heterocycles. The minimum atomic E-state index is -0.171. The maximum Gasteiger partial charge on any atom is 0.123 e. The van der Waals surface area contributed by atoms with Gasteiger partial charge in [0.2, 0.25) is 0 Å². The minimum absolute atomic E-state index is 0. The Labute approximate surface area is 136 Å². The van der Waals surface area contributed by atoms with Crippen molar-refractivity contribution in [2.45, 2.75) is 34.1 Å². The second kappa shape index (κ2) is 8.91. The highest BCUT2D eigenvalue weighted by Gasteiger charge is 2.10. The fraction of sp³-hybridized carbons (Fsp3) is 0.294. The van der Waals surface area contributed by atoms with Gasteiger partial charge in [-0.15, -0.1) is 0 Å². The predicted octanol–water partition coefficient (Wildman–Crippen LogP) is 6.59. The molecule has 0 saturated heterocycles. The molecule has 0 aliphatic carbocycles. The number of phenols is 1. The summed E-state index contributed by atoms with van der Waals surface area (Å²) in [6.07, 6.45) is 0. The Kier molecular flexibility index (Phi) is 8.38. The zero-order chi connectivity index (χ0) is 15.3. The first-order valence-corrected chi connectivity index (χ1v) is 6.97. The monoisotopic (exact) mass is 330 g/mol. The number of hydrogen-bond acceptors (Lipinski definition) is 1. The lowest BCUT2D eigenvalue weighted by molar-refractivity contribution is 0.475. The molecule has 2 rings (SSSR count). The first kappa shape index (κ1) is 19.8. The van der Waals surface area contributed by atoms with Crippen LogP contribution in [-0.2, 0) is 0 Å². The van der Waals surface area contributed by atoms with Crippen LogP contribution in [0.15, 0.2) is 36.4 Å². The van der Waals surface area contributed by atoms with Crippen molar-refractivity contribution < 1.29 is 9.50 Å². The van der Waals surface area contributed by atoms with E-state index in [1.54, 1.807) is 12.1 Å². The van der Waals surface area contributed by atoms with Crippen molar-refractivity contribution in [3.63, 3.8) is 0 Å². The van der Waals surface area contributed by atoms with Crippen LogP contribution in [0.5, 0.6) is 5.75 Å². The van der Waals surface area contributed by atoms with Gasteiger partial charge < -0.3 is 5.11 Å². The maximum atomic E-state index is 12.1. The number of aromatic hydroxyl groups is 1. The summed E-state index contributed by atoms with van der Waals surface area (Å²) in [6.45, 7) is 5.94. The first-order chi connectivity index (χ1) is 9.31. The van der Waals surface area contributed by atoms with Crippen LogP contribution < -0.4 is 0 Å². The molecule has 1 nitrogen and oxygen atoms in total. The van der Waals surface area contributed by atoms with Crippen LogP contribution in [0.3, 0.4) is 0 Å². The lowest BCUT2D eigenvalue weighted by Crippen LogP contribution is -1.89. The van der Waals surface area contributed by atoms with Crippen LogP contribution in [0.2, 0.25) is 10.0 Å². The Balaban J connectivity index is 0.000000390. The molecule has 0 spiro atoms. The molecule has 0 aliphatic heterocycles. The van der Waals surface area contributed by atoms with Crippen LogP contribution in [0, 0.1) is 12.7 Å². The smallest absolute Gasteiger partial charge is 0.123 e. The highest BCUT2D eigenvalue weighted by atomic mass is 35.5. The van der Waals surface area contributed by atoms with E-state index in [4.69, 9.17) is 28.3 Å². The summed E-state index contributed by atoms with van der Waals surface area (Å²) in [7, 11) is 0. The van der Waals surface area contributed by atoms with Gasteiger partial charge in [-0.1, -0.05) is 62.2 Å². The number of aryl methyl sites for hydroxylation is 1. The number of benzene rings is 2. The summed E-state index contributed by atoms with van der Waals surface area (Å²) >= 11 is 11.8. The summed E-state index contributed by atoms with van der Waals surface area (Å²) in [6, 6.07) is 9.40. The van der Waals surface area contributed by atoms with Gasteiger partial charge in [0.15, 0.2) is 0 Å². The molecule has 1 N–H and O–H groups in total. The standard InChI is InChI=1S/C9H10Cl2O.C7H7F.CH4/c1-5(2)9-7(10)3-6(12)4-8(9)11;1-6-2-4-7(8)5-3-6;/h3-5,12H,1-2H3;2-5H,1H3;1H4. The second-order valence-corrected chi connectivity index (χ2v) is 5.59. The molecule has 0 saturated carbocycles. The van der Waals surface area contributed by atoms with E-state index in [9.17, 15) is 4.39 Å². The Bertz CT molecular complexity index is 521. The third-order valence-electron chi connectivity index (χ3n) is 2.65. The fourth-order valence-corrected chi connectivity index (χ4v) is 2.57. The normalized spacial score (nSPS) is 9.67. The first-order valence-electron chi connectivity index (χ1n) is 6.21. The van der Waals surface area contributed by atoms with E-state index < -0.39 is 0 Å². The molecule has 2 aromatic rings. The summed E-state index contributed by atoms with van der Waals surface area (Å²) < 4.78 is 12.1. The molecule has 0 radical (unpaired) electrons. The molecule has 2 aromatic carbocycles. The maximum absolute atomic E-state index is 12.1. The number of phenolic OH excluding ortho intramolecular Hbond substituents is 1. The largest absolute Gasteiger partial charge is 0.508 e. The Hall–Kier alpha value is -1.25. The van der Waals surface area contributed by atoms with Crippen molar-refractivity contribution in [2.24, 2.45) is 0 Å². The highest BCUT2D eigenvalue weighted by molar-refractivity contribution is 6.36. The molecule has 0 fully saturated rings. The molecule has 21 heavy (non-hydrogen) atoms. The Morgan fingerprint density at radius 2 is 1.43 bits per heavy atom. The second-order valence-electron chi connectivity index (χ2n) is 4.77. The Morgan fingerprint density at radius 3 is 1.76 bits per heavy atom. The summed E-state index contributed by atoms with van der Waals surface area (Å²) in [5.41, 5.74) is 1.97. The average Bonchev–Trinajstić information content (AvgIpc) is 2.32. The quantitative estimate of drug-likeness (QED) is 0.625. The SMILES string of the molecule is C.CC(C)c1c(Cl)cc(O)cc1Cl.Cc1ccc(F)cc1. The molecule has 0 atom stereocenters. The fourth-order valence-electron chi connectivity index (χ4n) is 1.66. The van der Waals surface area contributed by atoms with Gasteiger partial charge in [-0.2, -0.15) is 0 Å². The molecule has 0 amide bonds. The number of hydrogen-bond donors (Lipinski definition) is 1. The van der Waals surface area contributed by atoms with Crippen LogP contribution >= 0.6 is 23.2 Å². The van der Waals surface area contributed by atoms with Gasteiger partial charge in [0, 0.05) is 10.0 Å². The molecule has 116 valence electrons. The lowest BCUT2D eigenvalue weighted by atomic mass is 10.0. The van der Waals surface area contributed by atoms with E-state index in [1.165, 1.54) is 24.3 Å². The van der Waals surface area contributed by atoms with Crippen LogP contribution in [-0.4, -0.2) is 5.11 Å². The summed E-state index contributed by atoms with van der Waals surface area (Å²) in [4.78, 5) is 0. The van der Waals surface area contributed by atoms with Crippen molar-refractivity contribution >= 4 is 23.2 Å². The van der Waals surface area contributed by atoms with Crippen LogP contribution in [0.4, 0.5) is 4.39 Å². The minimum Gasteiger partial charge on any atom is -0.508 e. The van der Waals surface area contributed by atoms with Crippen LogP contribution in [0.1, 0.15) is 38.3 Å². The van der Waals surface area contributed by atoms with Gasteiger partial charge in [0.1, 0.15) is 11.6 Å². The molecule has 0 aliphatic rings. The van der Waals surface area contributed by atoms with Gasteiger partial charge in [-0.05, 0) is 42.7 Å². The third kappa shape index (κ3) is 6.36. The highest BCUT2D eigenvalue weighted by Crippen LogP contribution is 2.34. The van der Waals surface area contributed by atoms with E-state index >= 15 is 0 Å². The third-order valence-corrected chi connectivity index (χ3v) is 3.28. The number of halogens is 3. The van der Waals surface area contributed by atoms with E-state index in [0.717, 1.165) is 11.1 Å². The predicted molar refractivity (Wildman–Crippen MR) is 90.1 cm³/mol. The van der Waals surface area contributed by atoms with Gasteiger partial charge >= 0.3 is 0 Å². The summed E-state index contributed by atoms with van der Waals surface area (Å²) in [5.74, 6) is 0.204. The molecule has 0 aromatic heterocycles. The molecule has 0 bridgehead atoms. The van der Waals surface area contributed by atoms with Crippen molar-refractivity contribution in [1.29, 1.82) is 0 Å². The van der Waals surface area contributed by atoms with Crippen molar-refractivity contribution in [3.8, 4) is 5.75 Å². The van der Waals surface area contributed by atoms with Gasteiger partial charge in [0.05, 0.1) is 0 Å². The van der Waals surface area contributed by atoms with E-state index in [2.05, 4.69) is 0 Å². The van der Waals surface area contributed by atoms with Crippen molar-refractivity contribution in [3.05, 3.63) is 63.4 Å². The van der Waals surface area contributed by atoms with Crippen LogP contribution in [0.25, 0.3) is 0 Å². The molecular formula is C17H21Cl2FO. The van der Waals surface area contributed by atoms with Crippen molar-refractivity contribution in [1.82, 2.24) is 0 Å². The average molecular weight is 331 g/mol. The van der Waals surface area contributed by atoms with Gasteiger partial charge in [0.25, 0.3) is 0 Å². The Morgan fingerprint density at radius 1 is 1.00 bits per heavy atom.